The molecule has 2 atom stereocenters. The number of nitrogens with one attached hydrogen (secondary N) is 2. The molecule has 0 amide bonds. The van der Waals surface area contributed by atoms with Gasteiger partial charge >= 0.3 is 0 Å². The Morgan fingerprint density at radius 1 is 0.900 bits per heavy atom. The van der Waals surface area contributed by atoms with E-state index in [0.717, 1.165) is 0 Å². The van der Waals surface area contributed by atoms with Crippen LogP contribution >= 0.6 is 0 Å². The summed E-state index contributed by atoms with van der Waals surface area (Å²) in [6.45, 7) is 8.71. The van der Waals surface area contributed by atoms with Crippen LogP contribution in [0.3, 0.4) is 0 Å². The van der Waals surface area contributed by atoms with Gasteiger partial charge in [-0.25, -0.2) is 0 Å². The Morgan fingerprint density at radius 3 is 1.40 bits per heavy atom. The largest absolute Gasteiger partial charge is 0.255 e. The molecule has 0 unspecified atom stereocenters. The van der Waals surface area contributed by atoms with E-state index in [1.54, 1.807) is 0 Å². The van der Waals surface area contributed by atoms with E-state index in [2.05, 4.69) is 38.5 Å². The molecule has 0 aromatic rings. The number of hydrogen-bond acceptors (Lipinski definition) is 2. The topological polar surface area (TPSA) is 24.1 Å². The molecule has 2 heteroatoms. The first-order chi connectivity index (χ1) is 4.70. The zero-order valence-corrected chi connectivity index (χ0v) is 7.57. The lowest BCUT2D eigenvalue weighted by Gasteiger charge is -2.16. The Balaban J connectivity index is 3.17. The molecule has 0 spiro atoms. The summed E-state index contributed by atoms with van der Waals surface area (Å²) in [4.78, 5) is 0. The molecule has 0 rings (SSSR count). The second kappa shape index (κ2) is 5.69. The standard InChI is InChI=1S/C8H20N2/c1-5-7(3)9-10-8(4)6-2/h7-10H,5-6H2,1-4H3/t7-,8+. The van der Waals surface area contributed by atoms with Crippen molar-refractivity contribution in [1.82, 2.24) is 10.9 Å². The lowest BCUT2D eigenvalue weighted by atomic mass is 10.2. The molecule has 0 aromatic carbocycles. The second-order valence-electron chi connectivity index (χ2n) is 2.91. The van der Waals surface area contributed by atoms with Crippen molar-refractivity contribution in [2.45, 2.75) is 52.6 Å². The highest BCUT2D eigenvalue weighted by atomic mass is 15.4. The Hall–Kier alpha value is -0.0800. The van der Waals surface area contributed by atoms with E-state index in [0.29, 0.717) is 12.1 Å². The fourth-order valence-corrected chi connectivity index (χ4v) is 0.489. The fraction of sp³-hybridized carbons (Fsp3) is 1.00. The van der Waals surface area contributed by atoms with Crippen molar-refractivity contribution in [3.05, 3.63) is 0 Å². The van der Waals surface area contributed by atoms with Gasteiger partial charge in [0.15, 0.2) is 0 Å². The van der Waals surface area contributed by atoms with Gasteiger partial charge in [0, 0.05) is 12.1 Å². The molecular weight excluding hydrogens is 124 g/mol. The van der Waals surface area contributed by atoms with Crippen LogP contribution in [0.1, 0.15) is 40.5 Å². The molecule has 62 valence electrons. The predicted octanol–water partition coefficient (Wildman–Crippen LogP) is 1.68. The first-order valence-corrected chi connectivity index (χ1v) is 4.21. The van der Waals surface area contributed by atoms with Crippen LogP contribution in [0, 0.1) is 0 Å². The van der Waals surface area contributed by atoms with E-state index >= 15 is 0 Å². The Kier molecular flexibility index (Phi) is 5.64. The van der Waals surface area contributed by atoms with Gasteiger partial charge in [-0.15, -0.1) is 0 Å². The third-order valence-electron chi connectivity index (χ3n) is 1.80. The molecule has 0 bridgehead atoms. The summed E-state index contributed by atoms with van der Waals surface area (Å²) >= 11 is 0. The van der Waals surface area contributed by atoms with Crippen molar-refractivity contribution in [3.63, 3.8) is 0 Å². The summed E-state index contributed by atoms with van der Waals surface area (Å²) in [7, 11) is 0. The van der Waals surface area contributed by atoms with Gasteiger partial charge in [-0.2, -0.15) is 0 Å². The van der Waals surface area contributed by atoms with Crippen molar-refractivity contribution in [2.24, 2.45) is 0 Å². The minimum absolute atomic E-state index is 0.578. The number of rotatable bonds is 5. The third kappa shape index (κ3) is 4.77. The highest BCUT2D eigenvalue weighted by Gasteiger charge is 1.98. The molecule has 2 N–H and O–H groups in total. The minimum atomic E-state index is 0.578. The van der Waals surface area contributed by atoms with Crippen LogP contribution in [0.25, 0.3) is 0 Å². The molecule has 0 fully saturated rings. The molecule has 0 saturated carbocycles. The van der Waals surface area contributed by atoms with Crippen LogP contribution < -0.4 is 10.9 Å². The third-order valence-corrected chi connectivity index (χ3v) is 1.80. The number of hydrazine groups is 1. The second-order valence-corrected chi connectivity index (χ2v) is 2.91. The molecule has 0 aliphatic heterocycles. The van der Waals surface area contributed by atoms with E-state index in [1.165, 1.54) is 12.8 Å². The van der Waals surface area contributed by atoms with Gasteiger partial charge in [0.05, 0.1) is 0 Å². The van der Waals surface area contributed by atoms with Crippen LogP contribution in [-0.4, -0.2) is 12.1 Å². The van der Waals surface area contributed by atoms with E-state index in [9.17, 15) is 0 Å². The molecule has 0 saturated heterocycles. The van der Waals surface area contributed by atoms with E-state index < -0.39 is 0 Å². The quantitative estimate of drug-likeness (QED) is 0.574. The molecule has 0 heterocycles. The number of hydrogen-bond donors (Lipinski definition) is 2. The maximum Gasteiger partial charge on any atom is 0.0182 e. The van der Waals surface area contributed by atoms with E-state index in [4.69, 9.17) is 0 Å². The predicted molar refractivity (Wildman–Crippen MR) is 45.8 cm³/mol. The zero-order chi connectivity index (χ0) is 7.98. The summed E-state index contributed by atoms with van der Waals surface area (Å²) < 4.78 is 0. The Labute approximate surface area is 64.4 Å². The maximum absolute atomic E-state index is 3.23. The summed E-state index contributed by atoms with van der Waals surface area (Å²) in [6, 6.07) is 1.16. The summed E-state index contributed by atoms with van der Waals surface area (Å²) in [5, 5.41) is 0. The van der Waals surface area contributed by atoms with Gasteiger partial charge in [-0.3, -0.25) is 10.9 Å². The van der Waals surface area contributed by atoms with Crippen molar-refractivity contribution in [1.29, 1.82) is 0 Å². The lowest BCUT2D eigenvalue weighted by molar-refractivity contribution is 0.385. The molecule has 0 radical (unpaired) electrons. The Morgan fingerprint density at radius 2 is 1.20 bits per heavy atom. The van der Waals surface area contributed by atoms with Crippen LogP contribution in [0.4, 0.5) is 0 Å². The first kappa shape index (κ1) is 9.92. The maximum atomic E-state index is 3.23. The summed E-state index contributed by atoms with van der Waals surface area (Å²) in [5.41, 5.74) is 6.47. The minimum Gasteiger partial charge on any atom is -0.255 e. The van der Waals surface area contributed by atoms with Crippen molar-refractivity contribution < 1.29 is 0 Å². The van der Waals surface area contributed by atoms with Crippen LogP contribution in [0.15, 0.2) is 0 Å². The molecule has 10 heavy (non-hydrogen) atoms. The van der Waals surface area contributed by atoms with Gasteiger partial charge in [-0.05, 0) is 26.7 Å². The van der Waals surface area contributed by atoms with Crippen LogP contribution in [0.2, 0.25) is 0 Å². The zero-order valence-electron chi connectivity index (χ0n) is 7.57. The molecule has 0 aromatic heterocycles. The van der Waals surface area contributed by atoms with Gasteiger partial charge in [0.2, 0.25) is 0 Å². The van der Waals surface area contributed by atoms with Gasteiger partial charge in [0.1, 0.15) is 0 Å². The first-order valence-electron chi connectivity index (χ1n) is 4.21. The van der Waals surface area contributed by atoms with Gasteiger partial charge in [0.25, 0.3) is 0 Å². The summed E-state index contributed by atoms with van der Waals surface area (Å²) in [5.74, 6) is 0. The monoisotopic (exact) mass is 144 g/mol. The van der Waals surface area contributed by atoms with Crippen molar-refractivity contribution in [2.75, 3.05) is 0 Å². The molecule has 0 aliphatic rings. The van der Waals surface area contributed by atoms with Gasteiger partial charge < -0.3 is 0 Å². The molecule has 0 aliphatic carbocycles. The van der Waals surface area contributed by atoms with E-state index in [-0.39, 0.29) is 0 Å². The molecule has 2 nitrogen and oxygen atoms in total. The van der Waals surface area contributed by atoms with Crippen molar-refractivity contribution in [3.8, 4) is 0 Å². The van der Waals surface area contributed by atoms with E-state index in [1.807, 2.05) is 0 Å². The Bertz CT molecular complexity index is 63.7. The smallest absolute Gasteiger partial charge is 0.0182 e. The average Bonchev–Trinajstić information content (AvgIpc) is 1.99. The highest BCUT2D eigenvalue weighted by Crippen LogP contribution is 1.88. The molecular formula is C8H20N2. The lowest BCUT2D eigenvalue weighted by Crippen LogP contribution is -2.43. The fourth-order valence-electron chi connectivity index (χ4n) is 0.489. The van der Waals surface area contributed by atoms with Crippen LogP contribution in [-0.2, 0) is 0 Å². The SMILES string of the molecule is CC[C@@H](C)NN[C@@H](C)CC. The normalized spacial score (nSPS) is 16.8. The van der Waals surface area contributed by atoms with Crippen LogP contribution in [0.5, 0.6) is 0 Å². The highest BCUT2D eigenvalue weighted by molar-refractivity contribution is 4.57. The summed E-state index contributed by atoms with van der Waals surface area (Å²) in [6.07, 6.45) is 2.34. The van der Waals surface area contributed by atoms with Crippen molar-refractivity contribution >= 4 is 0 Å². The van der Waals surface area contributed by atoms with Gasteiger partial charge in [-0.1, -0.05) is 13.8 Å². The average molecular weight is 144 g/mol.